The lowest BCUT2D eigenvalue weighted by Gasteiger charge is -2.47. The SMILES string of the molecule is C=C(C)[C@@H]1C[C@@H]2O[C@@](O)(C(=C)CC(=O)/C=C(/C)C[C@@H]3OC(=O)[C@]24O[C@@H]34)[C@H]1O. The fraction of sp³-hybridized carbons (Fsp3) is 0.600. The number of allylic oxidation sites excluding steroid dienone is 1. The minimum Gasteiger partial charge on any atom is -0.457 e. The van der Waals surface area contributed by atoms with Crippen molar-refractivity contribution < 1.29 is 34.0 Å². The molecule has 7 atom stereocenters. The van der Waals surface area contributed by atoms with Crippen molar-refractivity contribution >= 4 is 11.8 Å². The van der Waals surface area contributed by atoms with Crippen LogP contribution in [0.1, 0.15) is 33.1 Å². The monoisotopic (exact) mass is 376 g/mol. The van der Waals surface area contributed by atoms with E-state index < -0.39 is 47.7 Å². The molecule has 7 heteroatoms. The summed E-state index contributed by atoms with van der Waals surface area (Å²) in [6.45, 7) is 11.2. The number of aliphatic hydroxyl groups is 2. The quantitative estimate of drug-likeness (QED) is 0.399. The smallest absolute Gasteiger partial charge is 0.344 e. The summed E-state index contributed by atoms with van der Waals surface area (Å²) < 4.78 is 17.1. The highest BCUT2D eigenvalue weighted by atomic mass is 16.7. The highest BCUT2D eigenvalue weighted by Gasteiger charge is 2.78. The first kappa shape index (κ1) is 18.6. The number of carbonyl (C=O) groups is 2. The highest BCUT2D eigenvalue weighted by Crippen LogP contribution is 2.56. The first-order valence-corrected chi connectivity index (χ1v) is 9.10. The number of epoxide rings is 1. The third-order valence-corrected chi connectivity index (χ3v) is 6.11. The van der Waals surface area contributed by atoms with E-state index in [4.69, 9.17) is 14.2 Å². The lowest BCUT2D eigenvalue weighted by Crippen LogP contribution is -2.60. The van der Waals surface area contributed by atoms with Crippen molar-refractivity contribution in [2.75, 3.05) is 0 Å². The second kappa shape index (κ2) is 5.85. The molecule has 146 valence electrons. The van der Waals surface area contributed by atoms with Gasteiger partial charge in [-0.1, -0.05) is 24.3 Å². The van der Waals surface area contributed by atoms with Gasteiger partial charge in [0, 0.05) is 18.8 Å². The number of hydrogen-bond donors (Lipinski definition) is 2. The number of ether oxygens (including phenoxy) is 3. The van der Waals surface area contributed by atoms with Gasteiger partial charge in [0.05, 0.1) is 0 Å². The third-order valence-electron chi connectivity index (χ3n) is 6.11. The molecule has 0 unspecified atom stereocenters. The summed E-state index contributed by atoms with van der Waals surface area (Å²) in [4.78, 5) is 25.0. The van der Waals surface area contributed by atoms with Gasteiger partial charge in [-0.2, -0.15) is 0 Å². The van der Waals surface area contributed by atoms with E-state index in [9.17, 15) is 19.8 Å². The maximum atomic E-state index is 12.6. The zero-order valence-corrected chi connectivity index (χ0v) is 15.4. The van der Waals surface area contributed by atoms with Gasteiger partial charge in [-0.15, -0.1) is 0 Å². The fourth-order valence-corrected chi connectivity index (χ4v) is 4.55. The average Bonchev–Trinajstić information content (AvgIpc) is 3.26. The third kappa shape index (κ3) is 2.56. The van der Waals surface area contributed by atoms with E-state index in [-0.39, 0.29) is 24.2 Å². The Morgan fingerprint density at radius 1 is 1.33 bits per heavy atom. The van der Waals surface area contributed by atoms with Gasteiger partial charge in [-0.25, -0.2) is 4.79 Å². The zero-order chi connectivity index (χ0) is 19.7. The molecule has 0 aromatic heterocycles. The van der Waals surface area contributed by atoms with Gasteiger partial charge in [-0.3, -0.25) is 4.79 Å². The number of fused-ring (bicyclic) bond motifs is 2. The molecule has 4 aliphatic rings. The summed E-state index contributed by atoms with van der Waals surface area (Å²) in [5.74, 6) is -3.55. The van der Waals surface area contributed by atoms with E-state index in [0.717, 1.165) is 5.57 Å². The highest BCUT2D eigenvalue weighted by molar-refractivity contribution is 5.92. The molecule has 2 N–H and O–H groups in total. The van der Waals surface area contributed by atoms with Crippen molar-refractivity contribution in [3.63, 3.8) is 0 Å². The molecule has 4 bridgehead atoms. The molecule has 4 aliphatic heterocycles. The molecule has 0 aromatic carbocycles. The molecule has 0 saturated carbocycles. The van der Waals surface area contributed by atoms with Gasteiger partial charge < -0.3 is 24.4 Å². The normalized spacial score (nSPS) is 48.5. The molecule has 0 spiro atoms. The van der Waals surface area contributed by atoms with Crippen LogP contribution in [-0.2, 0) is 23.8 Å². The van der Waals surface area contributed by atoms with Gasteiger partial charge in [0.1, 0.15) is 24.4 Å². The fourth-order valence-electron chi connectivity index (χ4n) is 4.55. The molecular formula is C20H24O7. The summed E-state index contributed by atoms with van der Waals surface area (Å²) in [5, 5.41) is 22.0. The van der Waals surface area contributed by atoms with E-state index in [1.807, 2.05) is 0 Å². The predicted octanol–water partition coefficient (Wildman–Crippen LogP) is 0.945. The Kier molecular flexibility index (Phi) is 4.02. The molecule has 0 radical (unpaired) electrons. The molecule has 4 rings (SSSR count). The topological polar surface area (TPSA) is 106 Å². The van der Waals surface area contributed by atoms with Gasteiger partial charge in [0.15, 0.2) is 5.78 Å². The van der Waals surface area contributed by atoms with Crippen LogP contribution in [0.2, 0.25) is 0 Å². The summed E-state index contributed by atoms with van der Waals surface area (Å²) in [7, 11) is 0. The van der Waals surface area contributed by atoms with Crippen molar-refractivity contribution in [1.82, 2.24) is 0 Å². The minimum absolute atomic E-state index is 0.0390. The molecule has 0 aliphatic carbocycles. The maximum absolute atomic E-state index is 12.6. The Labute approximate surface area is 157 Å². The number of esters is 1. The van der Waals surface area contributed by atoms with E-state index in [1.54, 1.807) is 13.8 Å². The van der Waals surface area contributed by atoms with Crippen molar-refractivity contribution in [3.05, 3.63) is 36.0 Å². The van der Waals surface area contributed by atoms with Crippen molar-refractivity contribution in [3.8, 4) is 0 Å². The van der Waals surface area contributed by atoms with Crippen molar-refractivity contribution in [2.45, 2.75) is 68.9 Å². The number of rotatable bonds is 1. The molecule has 0 aromatic rings. The van der Waals surface area contributed by atoms with Crippen LogP contribution in [0.5, 0.6) is 0 Å². The molecule has 3 saturated heterocycles. The van der Waals surface area contributed by atoms with Crippen LogP contribution in [-0.4, -0.2) is 57.8 Å². The molecular weight excluding hydrogens is 352 g/mol. The zero-order valence-electron chi connectivity index (χ0n) is 15.4. The lowest BCUT2D eigenvalue weighted by molar-refractivity contribution is -0.297. The number of hydrogen-bond acceptors (Lipinski definition) is 7. The first-order chi connectivity index (χ1) is 12.6. The molecule has 4 heterocycles. The van der Waals surface area contributed by atoms with Crippen LogP contribution in [0.3, 0.4) is 0 Å². The Hall–Kier alpha value is -1.80. The molecule has 27 heavy (non-hydrogen) atoms. The van der Waals surface area contributed by atoms with Gasteiger partial charge in [-0.05, 0) is 31.9 Å². The Bertz CT molecular complexity index is 783. The summed E-state index contributed by atoms with van der Waals surface area (Å²) in [5.41, 5.74) is 0.122. The Morgan fingerprint density at radius 3 is 2.67 bits per heavy atom. The summed E-state index contributed by atoms with van der Waals surface area (Å²) in [6, 6.07) is 0. The number of aliphatic hydroxyl groups excluding tert-OH is 1. The largest absolute Gasteiger partial charge is 0.457 e. The van der Waals surface area contributed by atoms with E-state index in [2.05, 4.69) is 13.2 Å². The minimum atomic E-state index is -2.19. The molecule has 3 fully saturated rings. The van der Waals surface area contributed by atoms with Crippen LogP contribution in [0.25, 0.3) is 0 Å². The number of ketones is 1. The van der Waals surface area contributed by atoms with Crippen LogP contribution < -0.4 is 0 Å². The first-order valence-electron chi connectivity index (χ1n) is 9.10. The number of carbonyl (C=O) groups excluding carboxylic acids is 2. The second-order valence-corrected chi connectivity index (χ2v) is 8.15. The van der Waals surface area contributed by atoms with E-state index in [0.29, 0.717) is 12.0 Å². The van der Waals surface area contributed by atoms with Crippen LogP contribution in [0.4, 0.5) is 0 Å². The van der Waals surface area contributed by atoms with Crippen molar-refractivity contribution in [1.29, 1.82) is 0 Å². The van der Waals surface area contributed by atoms with Crippen LogP contribution in [0.15, 0.2) is 36.0 Å². The summed E-state index contributed by atoms with van der Waals surface area (Å²) in [6.07, 6.45) is -1.32. The Morgan fingerprint density at radius 2 is 2.04 bits per heavy atom. The average molecular weight is 376 g/mol. The van der Waals surface area contributed by atoms with E-state index >= 15 is 0 Å². The van der Waals surface area contributed by atoms with Gasteiger partial charge >= 0.3 is 5.97 Å². The maximum Gasteiger partial charge on any atom is 0.344 e. The van der Waals surface area contributed by atoms with Crippen molar-refractivity contribution in [2.24, 2.45) is 5.92 Å². The van der Waals surface area contributed by atoms with Crippen LogP contribution >= 0.6 is 0 Å². The van der Waals surface area contributed by atoms with E-state index in [1.165, 1.54) is 6.08 Å². The second-order valence-electron chi connectivity index (χ2n) is 8.15. The Balaban J connectivity index is 1.81. The summed E-state index contributed by atoms with van der Waals surface area (Å²) >= 11 is 0. The predicted molar refractivity (Wildman–Crippen MR) is 93.4 cm³/mol. The lowest BCUT2D eigenvalue weighted by atomic mass is 9.76. The molecule has 7 nitrogen and oxygen atoms in total. The van der Waals surface area contributed by atoms with Crippen LogP contribution in [0, 0.1) is 5.92 Å². The van der Waals surface area contributed by atoms with Gasteiger partial charge in [0.2, 0.25) is 11.4 Å². The molecule has 0 amide bonds. The standard InChI is InChI=1S/C20H24O7/c1-9(2)13-8-15-19-17(27-19)14(25-18(19)23)6-10(3)5-12(21)7-11(4)20(24,26-15)16(13)22/h5,13-17,22,24H,1,4,6-8H2,2-3H3/b10-5-/t13-,14-,15-,16-,17-,19-,20-/m0/s1. The van der Waals surface area contributed by atoms with Gasteiger partial charge in [0.25, 0.3) is 0 Å².